The number of aromatic nitrogens is 3. The highest BCUT2D eigenvalue weighted by molar-refractivity contribution is 9.10. The van der Waals surface area contributed by atoms with E-state index in [0.717, 1.165) is 5.56 Å². The molecular weight excluding hydrogens is 384 g/mol. The van der Waals surface area contributed by atoms with Gasteiger partial charge < -0.3 is 9.47 Å². The van der Waals surface area contributed by atoms with Gasteiger partial charge in [0, 0.05) is 0 Å². The van der Waals surface area contributed by atoms with E-state index in [4.69, 9.17) is 21.7 Å². The smallest absolute Gasteiger partial charge is 0.344 e. The van der Waals surface area contributed by atoms with Crippen molar-refractivity contribution in [1.29, 1.82) is 0 Å². The van der Waals surface area contributed by atoms with Crippen LogP contribution in [0.15, 0.2) is 27.8 Å². The molecule has 2 aromatic rings. The van der Waals surface area contributed by atoms with Crippen molar-refractivity contribution >= 4 is 40.3 Å². The fourth-order valence-corrected chi connectivity index (χ4v) is 2.42. The lowest BCUT2D eigenvalue weighted by molar-refractivity contribution is -0.145. The molecule has 2 rings (SSSR count). The molecule has 0 bridgehead atoms. The summed E-state index contributed by atoms with van der Waals surface area (Å²) in [6.07, 6.45) is 1.65. The summed E-state index contributed by atoms with van der Waals surface area (Å²) in [5.41, 5.74) is 0.836. The number of esters is 1. The Labute approximate surface area is 146 Å². The summed E-state index contributed by atoms with van der Waals surface area (Å²) in [4.78, 5) is 11.3. The maximum atomic E-state index is 11.3. The summed E-state index contributed by atoms with van der Waals surface area (Å²) in [5.74, 6) is 0.806. The van der Waals surface area contributed by atoms with Gasteiger partial charge in [0.1, 0.15) is 11.6 Å². The summed E-state index contributed by atoms with van der Waals surface area (Å²) in [5, 5.41) is 10.9. The lowest BCUT2D eigenvalue weighted by Gasteiger charge is -2.08. The van der Waals surface area contributed by atoms with Crippen molar-refractivity contribution in [3.05, 3.63) is 38.8 Å². The van der Waals surface area contributed by atoms with Crippen LogP contribution < -0.4 is 4.74 Å². The SMILES string of the molecule is CCOC(=O)COc1ccc(/C=N\n2c(C)n[nH]c2=S)cc1Br. The molecule has 23 heavy (non-hydrogen) atoms. The summed E-state index contributed by atoms with van der Waals surface area (Å²) in [6, 6.07) is 5.38. The standard InChI is InChI=1S/C14H15BrN4O3S/c1-3-21-13(20)8-22-12-5-4-10(6-11(12)15)7-16-19-9(2)17-18-14(19)23/h4-7H,3,8H2,1-2H3,(H,18,23)/b16-7-. The van der Waals surface area contributed by atoms with Crippen LogP contribution in [0.25, 0.3) is 0 Å². The number of ether oxygens (including phenoxy) is 2. The molecule has 0 saturated heterocycles. The number of aromatic amines is 1. The molecule has 0 aliphatic rings. The van der Waals surface area contributed by atoms with Crippen LogP contribution in [-0.2, 0) is 9.53 Å². The van der Waals surface area contributed by atoms with E-state index in [-0.39, 0.29) is 6.61 Å². The number of H-pyrrole nitrogens is 1. The van der Waals surface area contributed by atoms with Crippen molar-refractivity contribution in [1.82, 2.24) is 14.9 Å². The van der Waals surface area contributed by atoms with Gasteiger partial charge >= 0.3 is 5.97 Å². The third-order valence-corrected chi connectivity index (χ3v) is 3.63. The highest BCUT2D eigenvalue weighted by atomic mass is 79.9. The molecule has 0 aliphatic carbocycles. The number of nitrogens with zero attached hydrogens (tertiary/aromatic N) is 3. The number of benzene rings is 1. The van der Waals surface area contributed by atoms with Gasteiger partial charge in [-0.3, -0.25) is 5.10 Å². The van der Waals surface area contributed by atoms with E-state index in [1.165, 1.54) is 4.68 Å². The zero-order chi connectivity index (χ0) is 16.8. The first-order chi connectivity index (χ1) is 11.0. The minimum atomic E-state index is -0.408. The lowest BCUT2D eigenvalue weighted by Crippen LogP contribution is -2.14. The molecule has 0 unspecified atom stereocenters. The van der Waals surface area contributed by atoms with Crippen molar-refractivity contribution in [2.75, 3.05) is 13.2 Å². The van der Waals surface area contributed by atoms with Gasteiger partial charge in [0.05, 0.1) is 17.3 Å². The van der Waals surface area contributed by atoms with Crippen LogP contribution in [0.1, 0.15) is 18.3 Å². The van der Waals surface area contributed by atoms with Gasteiger partial charge in [0.25, 0.3) is 0 Å². The van der Waals surface area contributed by atoms with Gasteiger partial charge in [-0.2, -0.15) is 14.9 Å². The molecule has 1 aromatic carbocycles. The molecular formula is C14H15BrN4O3S. The minimum absolute atomic E-state index is 0.136. The van der Waals surface area contributed by atoms with Crippen molar-refractivity contribution < 1.29 is 14.3 Å². The topological polar surface area (TPSA) is 81.5 Å². The number of halogens is 1. The monoisotopic (exact) mass is 398 g/mol. The molecule has 0 spiro atoms. The van der Waals surface area contributed by atoms with E-state index in [2.05, 4.69) is 31.2 Å². The maximum Gasteiger partial charge on any atom is 0.344 e. The van der Waals surface area contributed by atoms with E-state index in [9.17, 15) is 4.79 Å². The third-order valence-electron chi connectivity index (χ3n) is 2.74. The lowest BCUT2D eigenvalue weighted by atomic mass is 10.2. The number of hydrogen-bond acceptors (Lipinski definition) is 6. The van der Waals surface area contributed by atoms with E-state index in [0.29, 0.717) is 27.4 Å². The van der Waals surface area contributed by atoms with Crippen molar-refractivity contribution in [2.45, 2.75) is 13.8 Å². The van der Waals surface area contributed by atoms with Gasteiger partial charge in [-0.15, -0.1) is 0 Å². The van der Waals surface area contributed by atoms with Gasteiger partial charge in [0.15, 0.2) is 6.61 Å². The van der Waals surface area contributed by atoms with Crippen LogP contribution in [0.4, 0.5) is 0 Å². The predicted octanol–water partition coefficient (Wildman–Crippen LogP) is 2.84. The predicted molar refractivity (Wildman–Crippen MR) is 91.4 cm³/mol. The molecule has 0 radical (unpaired) electrons. The summed E-state index contributed by atoms with van der Waals surface area (Å²) in [6.45, 7) is 3.74. The maximum absolute atomic E-state index is 11.3. The second-order valence-electron chi connectivity index (χ2n) is 4.42. The average Bonchev–Trinajstić information content (AvgIpc) is 2.83. The van der Waals surface area contributed by atoms with Gasteiger partial charge in [0.2, 0.25) is 4.77 Å². The van der Waals surface area contributed by atoms with Crippen molar-refractivity contribution in [3.8, 4) is 5.75 Å². The molecule has 1 aromatic heterocycles. The number of hydrogen-bond donors (Lipinski definition) is 1. The Kier molecular flexibility index (Phi) is 6.05. The molecule has 0 saturated carbocycles. The van der Waals surface area contributed by atoms with Crippen LogP contribution in [0, 0.1) is 11.7 Å². The average molecular weight is 399 g/mol. The Balaban J connectivity index is 2.07. The Morgan fingerprint density at radius 3 is 2.96 bits per heavy atom. The Hall–Kier alpha value is -2.00. The molecule has 9 heteroatoms. The van der Waals surface area contributed by atoms with Gasteiger partial charge in [-0.05, 0) is 65.8 Å². The van der Waals surface area contributed by atoms with Crippen LogP contribution in [0.5, 0.6) is 5.75 Å². The first-order valence-electron chi connectivity index (χ1n) is 6.77. The largest absolute Gasteiger partial charge is 0.481 e. The van der Waals surface area contributed by atoms with E-state index < -0.39 is 5.97 Å². The van der Waals surface area contributed by atoms with Gasteiger partial charge in [-0.1, -0.05) is 0 Å². The number of rotatable bonds is 6. The molecule has 0 amide bonds. The third kappa shape index (κ3) is 4.73. The Morgan fingerprint density at radius 1 is 1.57 bits per heavy atom. The zero-order valence-corrected chi connectivity index (χ0v) is 15.0. The molecule has 1 heterocycles. The summed E-state index contributed by atoms with van der Waals surface area (Å²) < 4.78 is 12.9. The molecule has 1 N–H and O–H groups in total. The molecule has 122 valence electrons. The minimum Gasteiger partial charge on any atom is -0.481 e. The zero-order valence-electron chi connectivity index (χ0n) is 12.6. The second-order valence-corrected chi connectivity index (χ2v) is 5.66. The van der Waals surface area contributed by atoms with Crippen molar-refractivity contribution in [2.24, 2.45) is 5.10 Å². The normalized spacial score (nSPS) is 10.9. The van der Waals surface area contributed by atoms with Crippen LogP contribution in [0.2, 0.25) is 0 Å². The molecule has 0 aliphatic heterocycles. The number of nitrogens with one attached hydrogen (secondary N) is 1. The fourth-order valence-electron chi connectivity index (χ4n) is 1.68. The fraction of sp³-hybridized carbons (Fsp3) is 0.286. The molecule has 7 nitrogen and oxygen atoms in total. The molecule has 0 fully saturated rings. The number of carbonyl (C=O) groups is 1. The first-order valence-corrected chi connectivity index (χ1v) is 7.97. The van der Waals surface area contributed by atoms with E-state index >= 15 is 0 Å². The second kappa shape index (κ2) is 8.02. The number of aryl methyl sites for hydroxylation is 1. The summed E-state index contributed by atoms with van der Waals surface area (Å²) in [7, 11) is 0. The Morgan fingerprint density at radius 2 is 2.35 bits per heavy atom. The summed E-state index contributed by atoms with van der Waals surface area (Å²) >= 11 is 8.47. The Bertz CT molecular complexity index is 785. The van der Waals surface area contributed by atoms with Crippen LogP contribution in [0.3, 0.4) is 0 Å². The van der Waals surface area contributed by atoms with E-state index in [1.54, 1.807) is 26.1 Å². The van der Waals surface area contributed by atoms with Gasteiger partial charge in [-0.25, -0.2) is 4.79 Å². The number of carbonyl (C=O) groups excluding carboxylic acids is 1. The highest BCUT2D eigenvalue weighted by Crippen LogP contribution is 2.25. The van der Waals surface area contributed by atoms with E-state index in [1.807, 2.05) is 12.1 Å². The first kappa shape index (κ1) is 17.4. The highest BCUT2D eigenvalue weighted by Gasteiger charge is 2.06. The van der Waals surface area contributed by atoms with Crippen LogP contribution in [-0.4, -0.2) is 40.3 Å². The molecule has 0 atom stereocenters. The van der Waals surface area contributed by atoms with Crippen molar-refractivity contribution in [3.63, 3.8) is 0 Å². The quantitative estimate of drug-likeness (QED) is 0.459. The van der Waals surface area contributed by atoms with Crippen LogP contribution >= 0.6 is 28.1 Å².